The summed E-state index contributed by atoms with van der Waals surface area (Å²) in [6.45, 7) is 3.70. The van der Waals surface area contributed by atoms with E-state index in [-0.39, 0.29) is 5.91 Å². The van der Waals surface area contributed by atoms with Crippen LogP contribution >= 0.6 is 0 Å². The van der Waals surface area contributed by atoms with Crippen LogP contribution in [0.5, 0.6) is 5.88 Å². The standard InChI is InChI=1S/C16H18N4O2/c1-2-20-14(10-12(18-20)11-5-6-11)16(21)19-8-9-22-15-13(19)4-3-7-17-15/h3-4,7,10-11H,2,5-6,8-9H2,1H3. The Bertz CT molecular complexity index is 721. The molecule has 0 aromatic carbocycles. The first kappa shape index (κ1) is 13.3. The van der Waals surface area contributed by atoms with Gasteiger partial charge in [0.25, 0.3) is 5.91 Å². The van der Waals surface area contributed by atoms with Gasteiger partial charge in [0, 0.05) is 18.7 Å². The molecular formula is C16H18N4O2. The molecule has 0 saturated heterocycles. The van der Waals surface area contributed by atoms with Crippen LogP contribution in [0.25, 0.3) is 0 Å². The summed E-state index contributed by atoms with van der Waals surface area (Å²) in [6, 6.07) is 5.64. The number of carbonyl (C=O) groups excluding carboxylic acids is 1. The van der Waals surface area contributed by atoms with Gasteiger partial charge in [-0.05, 0) is 38.0 Å². The Hall–Kier alpha value is -2.37. The molecule has 0 N–H and O–H groups in total. The minimum atomic E-state index is -0.0289. The zero-order valence-electron chi connectivity index (χ0n) is 12.5. The van der Waals surface area contributed by atoms with Gasteiger partial charge in [-0.1, -0.05) is 0 Å². The third-order valence-electron chi connectivity index (χ3n) is 4.15. The predicted molar refractivity (Wildman–Crippen MR) is 81.3 cm³/mol. The molecule has 22 heavy (non-hydrogen) atoms. The second kappa shape index (κ2) is 5.12. The van der Waals surface area contributed by atoms with Crippen molar-refractivity contribution in [1.82, 2.24) is 14.8 Å². The van der Waals surface area contributed by atoms with Gasteiger partial charge in [-0.25, -0.2) is 4.98 Å². The van der Waals surface area contributed by atoms with Crippen LogP contribution in [0.15, 0.2) is 24.4 Å². The Morgan fingerprint density at radius 2 is 2.32 bits per heavy atom. The average molecular weight is 298 g/mol. The van der Waals surface area contributed by atoms with E-state index in [1.54, 1.807) is 11.1 Å². The Morgan fingerprint density at radius 3 is 3.09 bits per heavy atom. The second-order valence-corrected chi connectivity index (χ2v) is 5.68. The normalized spacial score (nSPS) is 17.0. The van der Waals surface area contributed by atoms with Crippen LogP contribution in [0.2, 0.25) is 0 Å². The number of ether oxygens (including phenoxy) is 1. The first-order valence-corrected chi connectivity index (χ1v) is 7.75. The van der Waals surface area contributed by atoms with E-state index in [0.29, 0.717) is 37.2 Å². The molecule has 0 unspecified atom stereocenters. The maximum absolute atomic E-state index is 13.0. The van der Waals surface area contributed by atoms with E-state index >= 15 is 0 Å². The van der Waals surface area contributed by atoms with Crippen LogP contribution < -0.4 is 9.64 Å². The predicted octanol–water partition coefficient (Wildman–Crippen LogP) is 2.21. The SMILES string of the molecule is CCn1nc(C2CC2)cc1C(=O)N1CCOc2ncccc21. The van der Waals surface area contributed by atoms with Gasteiger partial charge in [0.05, 0.1) is 12.2 Å². The number of rotatable bonds is 3. The van der Waals surface area contributed by atoms with Gasteiger partial charge >= 0.3 is 0 Å². The highest BCUT2D eigenvalue weighted by Gasteiger charge is 2.31. The Balaban J connectivity index is 1.70. The van der Waals surface area contributed by atoms with E-state index in [0.717, 1.165) is 11.4 Å². The molecule has 1 aliphatic carbocycles. The van der Waals surface area contributed by atoms with Crippen molar-refractivity contribution < 1.29 is 9.53 Å². The molecule has 6 heteroatoms. The van der Waals surface area contributed by atoms with Crippen molar-refractivity contribution in [3.8, 4) is 5.88 Å². The molecule has 6 nitrogen and oxygen atoms in total. The van der Waals surface area contributed by atoms with Crippen LogP contribution in [-0.2, 0) is 6.54 Å². The molecule has 0 atom stereocenters. The highest BCUT2D eigenvalue weighted by Crippen LogP contribution is 2.39. The van der Waals surface area contributed by atoms with E-state index in [1.807, 2.05) is 29.8 Å². The van der Waals surface area contributed by atoms with E-state index < -0.39 is 0 Å². The number of amides is 1. The first-order valence-electron chi connectivity index (χ1n) is 7.75. The molecule has 0 bridgehead atoms. The molecule has 1 saturated carbocycles. The minimum absolute atomic E-state index is 0.0289. The van der Waals surface area contributed by atoms with Crippen molar-refractivity contribution in [3.05, 3.63) is 35.8 Å². The number of nitrogens with zero attached hydrogens (tertiary/aromatic N) is 4. The molecule has 4 rings (SSSR count). The van der Waals surface area contributed by atoms with Crippen molar-refractivity contribution in [1.29, 1.82) is 0 Å². The van der Waals surface area contributed by atoms with Crippen molar-refractivity contribution >= 4 is 11.6 Å². The van der Waals surface area contributed by atoms with Crippen molar-refractivity contribution in [2.75, 3.05) is 18.1 Å². The van der Waals surface area contributed by atoms with E-state index in [4.69, 9.17) is 4.74 Å². The quantitative estimate of drug-likeness (QED) is 0.871. The van der Waals surface area contributed by atoms with E-state index in [1.165, 1.54) is 12.8 Å². The van der Waals surface area contributed by atoms with Crippen LogP contribution in [0.4, 0.5) is 5.69 Å². The zero-order valence-corrected chi connectivity index (χ0v) is 12.5. The monoisotopic (exact) mass is 298 g/mol. The molecule has 1 aliphatic heterocycles. The van der Waals surface area contributed by atoms with Crippen LogP contribution in [-0.4, -0.2) is 33.8 Å². The third kappa shape index (κ3) is 2.15. The Labute approximate surface area is 128 Å². The highest BCUT2D eigenvalue weighted by atomic mass is 16.5. The zero-order chi connectivity index (χ0) is 15.1. The lowest BCUT2D eigenvalue weighted by Gasteiger charge is -2.28. The summed E-state index contributed by atoms with van der Waals surface area (Å²) in [7, 11) is 0. The summed E-state index contributed by atoms with van der Waals surface area (Å²) in [4.78, 5) is 18.9. The molecule has 2 aromatic heterocycles. The molecule has 3 heterocycles. The number of carbonyl (C=O) groups is 1. The van der Waals surface area contributed by atoms with Gasteiger partial charge in [0.15, 0.2) is 0 Å². The fraction of sp³-hybridized carbons (Fsp3) is 0.438. The van der Waals surface area contributed by atoms with Crippen molar-refractivity contribution in [3.63, 3.8) is 0 Å². The summed E-state index contributed by atoms with van der Waals surface area (Å²) in [6.07, 6.45) is 4.03. The summed E-state index contributed by atoms with van der Waals surface area (Å²) in [5.41, 5.74) is 2.43. The summed E-state index contributed by atoms with van der Waals surface area (Å²) >= 11 is 0. The van der Waals surface area contributed by atoms with Gasteiger partial charge in [-0.15, -0.1) is 0 Å². The smallest absolute Gasteiger partial charge is 0.276 e. The molecule has 0 radical (unpaired) electrons. The number of pyridine rings is 1. The maximum Gasteiger partial charge on any atom is 0.276 e. The van der Waals surface area contributed by atoms with Crippen LogP contribution in [0.1, 0.15) is 41.9 Å². The van der Waals surface area contributed by atoms with Gasteiger partial charge in [-0.3, -0.25) is 14.4 Å². The molecule has 1 amide bonds. The molecular weight excluding hydrogens is 280 g/mol. The Morgan fingerprint density at radius 1 is 1.45 bits per heavy atom. The summed E-state index contributed by atoms with van der Waals surface area (Å²) in [5.74, 6) is 1.03. The molecule has 2 aliphatic rings. The maximum atomic E-state index is 13.0. The molecule has 114 valence electrons. The third-order valence-corrected chi connectivity index (χ3v) is 4.15. The number of fused-ring (bicyclic) bond motifs is 1. The van der Waals surface area contributed by atoms with Crippen molar-refractivity contribution in [2.45, 2.75) is 32.2 Å². The van der Waals surface area contributed by atoms with Gasteiger partial charge in [0.1, 0.15) is 18.0 Å². The minimum Gasteiger partial charge on any atom is -0.474 e. The van der Waals surface area contributed by atoms with Crippen molar-refractivity contribution in [2.24, 2.45) is 0 Å². The fourth-order valence-corrected chi connectivity index (χ4v) is 2.83. The average Bonchev–Trinajstić information content (AvgIpc) is 3.33. The van der Waals surface area contributed by atoms with E-state index in [2.05, 4.69) is 10.1 Å². The lowest BCUT2D eigenvalue weighted by Crippen LogP contribution is -2.39. The van der Waals surface area contributed by atoms with Gasteiger partial charge in [0.2, 0.25) is 5.88 Å². The summed E-state index contributed by atoms with van der Waals surface area (Å²) < 4.78 is 7.33. The molecule has 2 aromatic rings. The lowest BCUT2D eigenvalue weighted by molar-refractivity contribution is 0.0965. The molecule has 0 spiro atoms. The van der Waals surface area contributed by atoms with Gasteiger partial charge < -0.3 is 4.74 Å². The topological polar surface area (TPSA) is 60.2 Å². The fourth-order valence-electron chi connectivity index (χ4n) is 2.83. The van der Waals surface area contributed by atoms with Crippen LogP contribution in [0, 0.1) is 0 Å². The molecule has 1 fully saturated rings. The van der Waals surface area contributed by atoms with Gasteiger partial charge in [-0.2, -0.15) is 5.10 Å². The first-order chi connectivity index (χ1) is 10.8. The van der Waals surface area contributed by atoms with Crippen LogP contribution in [0.3, 0.4) is 0 Å². The highest BCUT2D eigenvalue weighted by molar-refractivity contribution is 6.06. The number of hydrogen-bond donors (Lipinski definition) is 0. The number of anilines is 1. The van der Waals surface area contributed by atoms with E-state index in [9.17, 15) is 4.79 Å². The summed E-state index contributed by atoms with van der Waals surface area (Å²) in [5, 5.41) is 4.58. The second-order valence-electron chi connectivity index (χ2n) is 5.68. The number of aromatic nitrogens is 3. The number of aryl methyl sites for hydroxylation is 1. The Kier molecular flexibility index (Phi) is 3.10. The number of hydrogen-bond acceptors (Lipinski definition) is 4. The lowest BCUT2D eigenvalue weighted by atomic mass is 10.2. The largest absolute Gasteiger partial charge is 0.474 e.